The number of carbonyl (C=O) groups is 1. The van der Waals surface area contributed by atoms with E-state index in [0.717, 1.165) is 36.8 Å². The molecule has 1 saturated heterocycles. The molecule has 0 unspecified atom stereocenters. The summed E-state index contributed by atoms with van der Waals surface area (Å²) in [6.45, 7) is 1.77. The maximum Gasteiger partial charge on any atom is 0.273 e. The van der Waals surface area contributed by atoms with Crippen LogP contribution in [0, 0.1) is 0 Å². The number of aromatic nitrogens is 1. The topological polar surface area (TPSA) is 101 Å². The minimum Gasteiger partial charge on any atom is -0.349 e. The first-order chi connectivity index (χ1) is 19.8. The number of rotatable bonds is 9. The Morgan fingerprint density at radius 1 is 1.02 bits per heavy atom. The fraction of sp³-hybridized carbons (Fsp3) is 0.367. The van der Waals surface area contributed by atoms with Crippen molar-refractivity contribution in [3.05, 3.63) is 83.4 Å². The van der Waals surface area contributed by atoms with Crippen LogP contribution in [0.15, 0.2) is 76.3 Å². The highest BCUT2D eigenvalue weighted by Gasteiger charge is 2.46. The predicted molar refractivity (Wildman–Crippen MR) is 164 cm³/mol. The summed E-state index contributed by atoms with van der Waals surface area (Å²) in [5.74, 6) is 0.153. The summed E-state index contributed by atoms with van der Waals surface area (Å²) in [5, 5.41) is 5.69. The third-order valence-corrected chi connectivity index (χ3v) is 12.8. The first-order valence-corrected chi connectivity index (χ1v) is 17.0. The first-order valence-electron chi connectivity index (χ1n) is 13.7. The number of nitrogens with one attached hydrogen (secondary N) is 2. The van der Waals surface area contributed by atoms with E-state index in [9.17, 15) is 13.2 Å². The maximum absolute atomic E-state index is 13.5. The molecule has 6 rings (SSSR count). The van der Waals surface area contributed by atoms with Gasteiger partial charge in [0.15, 0.2) is 5.79 Å². The minimum atomic E-state index is -3.71. The Balaban J connectivity index is 1.20. The molecule has 1 aliphatic carbocycles. The number of thioether (sulfide) groups is 1. The molecule has 0 atom stereocenters. The number of H-pyrrole nitrogens is 1. The van der Waals surface area contributed by atoms with Gasteiger partial charge in [0.25, 0.3) is 15.9 Å². The lowest BCUT2D eigenvalue weighted by atomic mass is 9.84. The Kier molecular flexibility index (Phi) is 7.90. The summed E-state index contributed by atoms with van der Waals surface area (Å²) in [5.41, 5.74) is 2.73. The minimum absolute atomic E-state index is 0.155. The van der Waals surface area contributed by atoms with Gasteiger partial charge in [-0.1, -0.05) is 48.5 Å². The van der Waals surface area contributed by atoms with Crippen molar-refractivity contribution in [2.75, 3.05) is 31.1 Å². The monoisotopic (exact) mass is 611 g/mol. The Morgan fingerprint density at radius 2 is 1.78 bits per heavy atom. The second-order valence-corrected chi connectivity index (χ2v) is 15.2. The summed E-state index contributed by atoms with van der Waals surface area (Å²) in [4.78, 5) is 16.7. The number of sulfonamides is 1. The number of ether oxygens (including phenoxy) is 2. The summed E-state index contributed by atoms with van der Waals surface area (Å²) >= 11 is 3.06. The van der Waals surface area contributed by atoms with Gasteiger partial charge in [-0.3, -0.25) is 9.10 Å². The van der Waals surface area contributed by atoms with E-state index >= 15 is 0 Å². The second-order valence-electron chi connectivity index (χ2n) is 10.6. The molecule has 2 aliphatic rings. The van der Waals surface area contributed by atoms with Crippen molar-refractivity contribution in [2.24, 2.45) is 0 Å². The van der Waals surface area contributed by atoms with Gasteiger partial charge in [0, 0.05) is 42.3 Å². The molecule has 1 aliphatic heterocycles. The fourth-order valence-electron chi connectivity index (χ4n) is 5.59. The Labute approximate surface area is 248 Å². The average molecular weight is 612 g/mol. The lowest BCUT2D eigenvalue weighted by Gasteiger charge is -2.43. The van der Waals surface area contributed by atoms with E-state index in [1.807, 2.05) is 36.0 Å². The number of thiophene rings is 1. The highest BCUT2D eigenvalue weighted by Crippen LogP contribution is 2.47. The lowest BCUT2D eigenvalue weighted by molar-refractivity contribution is -0.179. The lowest BCUT2D eigenvalue weighted by Crippen LogP contribution is -2.48. The molecule has 1 spiro atoms. The van der Waals surface area contributed by atoms with Gasteiger partial charge in [-0.25, -0.2) is 8.42 Å². The second kappa shape index (κ2) is 11.4. The van der Waals surface area contributed by atoms with Gasteiger partial charge in [0.2, 0.25) is 0 Å². The highest BCUT2D eigenvalue weighted by molar-refractivity contribution is 7.99. The Morgan fingerprint density at radius 3 is 2.49 bits per heavy atom. The third-order valence-electron chi connectivity index (χ3n) is 8.02. The zero-order valence-corrected chi connectivity index (χ0v) is 25.2. The van der Waals surface area contributed by atoms with Crippen molar-refractivity contribution in [1.82, 2.24) is 10.3 Å². The van der Waals surface area contributed by atoms with E-state index in [-0.39, 0.29) is 14.9 Å². The largest absolute Gasteiger partial charge is 0.349 e. The van der Waals surface area contributed by atoms with E-state index in [4.69, 9.17) is 9.47 Å². The zero-order valence-electron chi connectivity index (χ0n) is 22.8. The zero-order chi connectivity index (χ0) is 28.5. The smallest absolute Gasteiger partial charge is 0.273 e. The molecule has 0 radical (unpaired) electrons. The number of nitrogens with zero attached hydrogens (tertiary/aromatic N) is 1. The van der Waals surface area contributed by atoms with Crippen molar-refractivity contribution in [2.45, 2.75) is 46.2 Å². The quantitative estimate of drug-likeness (QED) is 0.249. The molecule has 1 saturated carbocycles. The molecule has 4 aromatic rings. The molecule has 0 bridgehead atoms. The summed E-state index contributed by atoms with van der Waals surface area (Å²) in [7, 11) is -2.18. The number of aromatic amines is 1. The SMILES string of the molecule is CN(c1cccc2cc(C(=O)NCC3(SCc4ccccc4)CCC4(CC3)OCCO4)[nH]c12)S(=O)(=O)c1cccs1. The van der Waals surface area contributed by atoms with Crippen LogP contribution in [-0.2, 0) is 25.2 Å². The van der Waals surface area contributed by atoms with Crippen LogP contribution in [0.2, 0.25) is 0 Å². The predicted octanol–water partition coefficient (Wildman–Crippen LogP) is 5.77. The molecule has 41 heavy (non-hydrogen) atoms. The van der Waals surface area contributed by atoms with Crippen LogP contribution in [0.3, 0.4) is 0 Å². The van der Waals surface area contributed by atoms with E-state index in [1.165, 1.54) is 28.3 Å². The van der Waals surface area contributed by atoms with Gasteiger partial charge < -0.3 is 19.8 Å². The van der Waals surface area contributed by atoms with Gasteiger partial charge in [0.1, 0.15) is 9.90 Å². The van der Waals surface area contributed by atoms with Crippen LogP contribution >= 0.6 is 23.1 Å². The van der Waals surface area contributed by atoms with Crippen molar-refractivity contribution in [3.8, 4) is 0 Å². The molecule has 2 fully saturated rings. The summed E-state index contributed by atoms with van der Waals surface area (Å²) in [6, 6.07) is 20.9. The molecule has 2 aromatic heterocycles. The van der Waals surface area contributed by atoms with Crippen molar-refractivity contribution < 1.29 is 22.7 Å². The van der Waals surface area contributed by atoms with Crippen LogP contribution in [0.5, 0.6) is 0 Å². The molecule has 2 N–H and O–H groups in total. The molecule has 1 amide bonds. The van der Waals surface area contributed by atoms with Crippen LogP contribution < -0.4 is 9.62 Å². The van der Waals surface area contributed by atoms with Gasteiger partial charge in [-0.2, -0.15) is 0 Å². The van der Waals surface area contributed by atoms with Gasteiger partial charge in [-0.15, -0.1) is 23.1 Å². The van der Waals surface area contributed by atoms with Crippen molar-refractivity contribution >= 4 is 55.6 Å². The van der Waals surface area contributed by atoms with E-state index in [0.29, 0.717) is 36.7 Å². The van der Waals surface area contributed by atoms with Crippen LogP contribution in [-0.4, -0.2) is 56.6 Å². The van der Waals surface area contributed by atoms with E-state index < -0.39 is 15.8 Å². The average Bonchev–Trinajstić information content (AvgIpc) is 3.78. The van der Waals surface area contributed by atoms with Crippen molar-refractivity contribution in [1.29, 1.82) is 0 Å². The Hall–Kier alpha value is -2.83. The molecule has 11 heteroatoms. The number of carbonyl (C=O) groups excluding carboxylic acids is 1. The van der Waals surface area contributed by atoms with Gasteiger partial charge >= 0.3 is 0 Å². The van der Waals surface area contributed by atoms with Crippen molar-refractivity contribution in [3.63, 3.8) is 0 Å². The number of hydrogen-bond donors (Lipinski definition) is 2. The van der Waals surface area contributed by atoms with Gasteiger partial charge in [0.05, 0.1) is 24.4 Å². The summed E-state index contributed by atoms with van der Waals surface area (Å²) in [6.07, 6.45) is 3.33. The van der Waals surface area contributed by atoms with Crippen LogP contribution in [0.4, 0.5) is 5.69 Å². The molecule has 3 heterocycles. The number of amides is 1. The third kappa shape index (κ3) is 5.78. The van der Waals surface area contributed by atoms with Crippen LogP contribution in [0.1, 0.15) is 41.7 Å². The Bertz CT molecular complexity index is 1600. The summed E-state index contributed by atoms with van der Waals surface area (Å²) < 4.78 is 39.7. The standard InChI is InChI=1S/C30H33N3O5S3/c1-33(41(35,36)26-11-6-18-39-26)25-10-5-9-23-19-24(32-27(23)25)28(34)31-21-29(40-20-22-7-3-2-4-8-22)12-14-30(15-13-29)37-16-17-38-30/h2-11,18-19,32H,12-17,20-21H2,1H3,(H,31,34). The maximum atomic E-state index is 13.5. The molecular formula is C30H33N3O5S3. The highest BCUT2D eigenvalue weighted by atomic mass is 32.2. The number of benzene rings is 2. The number of anilines is 1. The normalized spacial score (nSPS) is 18.1. The van der Waals surface area contributed by atoms with Crippen LogP contribution in [0.25, 0.3) is 10.9 Å². The molecule has 2 aromatic carbocycles. The molecular weight excluding hydrogens is 579 g/mol. The first kappa shape index (κ1) is 28.3. The van der Waals surface area contributed by atoms with Gasteiger partial charge in [-0.05, 0) is 42.0 Å². The van der Waals surface area contributed by atoms with E-state index in [2.05, 4.69) is 22.4 Å². The molecule has 8 nitrogen and oxygen atoms in total. The van der Waals surface area contributed by atoms with E-state index in [1.54, 1.807) is 35.7 Å². The number of para-hydroxylation sites is 1. The number of hydrogen-bond acceptors (Lipinski definition) is 7. The fourth-order valence-corrected chi connectivity index (χ4v) is 9.29. The molecule has 216 valence electrons. The number of fused-ring (bicyclic) bond motifs is 1.